The second-order valence-corrected chi connectivity index (χ2v) is 8.83. The number of aromatic amines is 1. The van der Waals surface area contributed by atoms with E-state index in [-0.39, 0.29) is 0 Å². The number of rotatable bonds is 3. The van der Waals surface area contributed by atoms with Crippen LogP contribution in [-0.2, 0) is 13.1 Å². The Labute approximate surface area is 195 Å². The molecule has 0 fully saturated rings. The van der Waals surface area contributed by atoms with E-state index in [1.54, 1.807) is 6.20 Å². The molecule has 0 atom stereocenters. The Bertz CT molecular complexity index is 1660. The normalized spacial score (nSPS) is 14.1. The fourth-order valence-corrected chi connectivity index (χ4v) is 4.89. The molecule has 0 aliphatic carbocycles. The molecular formula is C26H22N8. The SMILES string of the molecule is CN1CCn2ncc(-c3cnc4[nH]cc(-c5ccn6ncc(-c7cccnc7)c6c5)c4c3)c2C1. The minimum absolute atomic E-state index is 0.873. The van der Waals surface area contributed by atoms with E-state index in [4.69, 9.17) is 4.98 Å². The summed E-state index contributed by atoms with van der Waals surface area (Å²) < 4.78 is 4.02. The molecule has 34 heavy (non-hydrogen) atoms. The first-order valence-corrected chi connectivity index (χ1v) is 11.3. The minimum atomic E-state index is 0.873. The Morgan fingerprint density at radius 2 is 1.82 bits per heavy atom. The summed E-state index contributed by atoms with van der Waals surface area (Å²) in [6.07, 6.45) is 13.5. The van der Waals surface area contributed by atoms with Gasteiger partial charge >= 0.3 is 0 Å². The number of hydrogen-bond acceptors (Lipinski definition) is 5. The largest absolute Gasteiger partial charge is 0.346 e. The number of aromatic nitrogens is 7. The van der Waals surface area contributed by atoms with Gasteiger partial charge in [0.25, 0.3) is 0 Å². The van der Waals surface area contributed by atoms with Crippen LogP contribution in [0, 0.1) is 0 Å². The van der Waals surface area contributed by atoms with Crippen LogP contribution in [0.5, 0.6) is 0 Å². The Kier molecular flexibility index (Phi) is 4.16. The molecule has 6 aromatic heterocycles. The second-order valence-electron chi connectivity index (χ2n) is 8.83. The predicted octanol–water partition coefficient (Wildman–Crippen LogP) is 4.25. The van der Waals surface area contributed by atoms with Crippen molar-refractivity contribution < 1.29 is 0 Å². The van der Waals surface area contributed by atoms with Gasteiger partial charge in [-0.25, -0.2) is 9.50 Å². The van der Waals surface area contributed by atoms with Crippen molar-refractivity contribution in [3.8, 4) is 33.4 Å². The molecule has 8 nitrogen and oxygen atoms in total. The monoisotopic (exact) mass is 446 g/mol. The molecule has 7 rings (SSSR count). The lowest BCUT2D eigenvalue weighted by atomic mass is 10.0. The molecule has 0 saturated carbocycles. The first kappa shape index (κ1) is 19.2. The van der Waals surface area contributed by atoms with E-state index in [0.29, 0.717) is 0 Å². The van der Waals surface area contributed by atoms with Crippen LogP contribution in [0.2, 0.25) is 0 Å². The van der Waals surface area contributed by atoms with Crippen molar-refractivity contribution in [1.29, 1.82) is 0 Å². The van der Waals surface area contributed by atoms with E-state index >= 15 is 0 Å². The third-order valence-electron chi connectivity index (χ3n) is 6.71. The summed E-state index contributed by atoms with van der Waals surface area (Å²) in [5, 5.41) is 10.2. The lowest BCUT2D eigenvalue weighted by molar-refractivity contribution is 0.259. The molecule has 1 N–H and O–H groups in total. The van der Waals surface area contributed by atoms with E-state index in [1.807, 2.05) is 47.8 Å². The third kappa shape index (κ3) is 2.96. The first-order valence-electron chi connectivity index (χ1n) is 11.3. The molecule has 6 aromatic rings. The summed E-state index contributed by atoms with van der Waals surface area (Å²) >= 11 is 0. The number of nitrogens with zero attached hydrogens (tertiary/aromatic N) is 7. The van der Waals surface area contributed by atoms with Crippen molar-refractivity contribution in [2.45, 2.75) is 13.1 Å². The van der Waals surface area contributed by atoms with Crippen LogP contribution in [0.1, 0.15) is 5.69 Å². The third-order valence-corrected chi connectivity index (χ3v) is 6.71. The van der Waals surface area contributed by atoms with Crippen molar-refractivity contribution in [3.63, 3.8) is 0 Å². The maximum atomic E-state index is 4.74. The zero-order chi connectivity index (χ0) is 22.6. The molecule has 0 bridgehead atoms. The lowest BCUT2D eigenvalue weighted by Gasteiger charge is -2.24. The average molecular weight is 447 g/mol. The molecule has 0 aromatic carbocycles. The zero-order valence-electron chi connectivity index (χ0n) is 18.7. The van der Waals surface area contributed by atoms with Crippen molar-refractivity contribution in [2.24, 2.45) is 0 Å². The summed E-state index contributed by atoms with van der Waals surface area (Å²) in [5.74, 6) is 0. The smallest absolute Gasteiger partial charge is 0.137 e. The van der Waals surface area contributed by atoms with E-state index in [2.05, 4.69) is 61.1 Å². The summed E-state index contributed by atoms with van der Waals surface area (Å²) in [7, 11) is 2.15. The highest BCUT2D eigenvalue weighted by Gasteiger charge is 2.20. The van der Waals surface area contributed by atoms with Crippen LogP contribution in [0.4, 0.5) is 0 Å². The van der Waals surface area contributed by atoms with E-state index in [1.165, 1.54) is 5.69 Å². The molecule has 166 valence electrons. The van der Waals surface area contributed by atoms with Gasteiger partial charge in [-0.05, 0) is 36.9 Å². The van der Waals surface area contributed by atoms with Gasteiger partial charge < -0.3 is 4.98 Å². The van der Waals surface area contributed by atoms with Gasteiger partial charge in [-0.15, -0.1) is 0 Å². The van der Waals surface area contributed by atoms with Crippen LogP contribution >= 0.6 is 0 Å². The van der Waals surface area contributed by atoms with Gasteiger partial charge in [-0.3, -0.25) is 14.6 Å². The molecular weight excluding hydrogens is 424 g/mol. The second kappa shape index (κ2) is 7.36. The number of likely N-dealkylation sites (N-methyl/N-ethyl adjacent to an activating group) is 1. The Morgan fingerprint density at radius 1 is 0.882 bits per heavy atom. The molecule has 0 unspecified atom stereocenters. The topological polar surface area (TPSA) is 79.9 Å². The fourth-order valence-electron chi connectivity index (χ4n) is 4.89. The van der Waals surface area contributed by atoms with Crippen LogP contribution in [-0.4, -0.2) is 52.8 Å². The van der Waals surface area contributed by atoms with Crippen molar-refractivity contribution in [3.05, 3.63) is 79.4 Å². The van der Waals surface area contributed by atoms with E-state index < -0.39 is 0 Å². The van der Waals surface area contributed by atoms with Gasteiger partial charge in [0.15, 0.2) is 0 Å². The van der Waals surface area contributed by atoms with Crippen molar-refractivity contribution in [2.75, 3.05) is 13.6 Å². The highest BCUT2D eigenvalue weighted by Crippen LogP contribution is 2.34. The molecule has 0 spiro atoms. The number of pyridine rings is 3. The van der Waals surface area contributed by atoms with Gasteiger partial charge in [0.2, 0.25) is 0 Å². The molecule has 1 aliphatic heterocycles. The Balaban J connectivity index is 1.35. The van der Waals surface area contributed by atoms with Gasteiger partial charge in [0, 0.05) is 77.3 Å². The molecule has 7 heterocycles. The summed E-state index contributed by atoms with van der Waals surface area (Å²) in [6, 6.07) is 10.5. The highest BCUT2D eigenvalue weighted by atomic mass is 15.3. The number of hydrogen-bond donors (Lipinski definition) is 1. The van der Waals surface area contributed by atoms with Gasteiger partial charge in [-0.2, -0.15) is 10.2 Å². The molecule has 0 radical (unpaired) electrons. The Morgan fingerprint density at radius 3 is 2.74 bits per heavy atom. The van der Waals surface area contributed by atoms with Gasteiger partial charge in [-0.1, -0.05) is 6.07 Å². The number of fused-ring (bicyclic) bond motifs is 3. The molecule has 8 heteroatoms. The summed E-state index contributed by atoms with van der Waals surface area (Å²) in [6.45, 7) is 2.83. The number of nitrogens with one attached hydrogen (secondary N) is 1. The molecule has 1 aliphatic rings. The summed E-state index contributed by atoms with van der Waals surface area (Å²) in [5.41, 5.74) is 9.73. The van der Waals surface area contributed by atoms with Crippen molar-refractivity contribution >= 4 is 16.6 Å². The quantitative estimate of drug-likeness (QED) is 0.440. The van der Waals surface area contributed by atoms with Crippen LogP contribution in [0.3, 0.4) is 0 Å². The van der Waals surface area contributed by atoms with Gasteiger partial charge in [0.05, 0.1) is 30.1 Å². The predicted molar refractivity (Wildman–Crippen MR) is 131 cm³/mol. The lowest BCUT2D eigenvalue weighted by Crippen LogP contribution is -2.30. The van der Waals surface area contributed by atoms with E-state index in [0.717, 1.165) is 69.6 Å². The minimum Gasteiger partial charge on any atom is -0.346 e. The standard InChI is InChI=1S/C26H22N8/c1-32-7-8-34-25(16-32)23(15-31-34)19-9-20-21(13-29-26(20)28-12-19)17-4-6-33-24(10-17)22(14-30-33)18-3-2-5-27-11-18/h2-6,9-15H,7-8,16H2,1H3,(H,28,29). The van der Waals surface area contributed by atoms with Crippen LogP contribution in [0.15, 0.2) is 73.7 Å². The highest BCUT2D eigenvalue weighted by molar-refractivity contribution is 5.97. The maximum Gasteiger partial charge on any atom is 0.137 e. The van der Waals surface area contributed by atoms with E-state index in [9.17, 15) is 0 Å². The number of H-pyrrole nitrogens is 1. The summed E-state index contributed by atoms with van der Waals surface area (Å²) in [4.78, 5) is 14.7. The molecule has 0 saturated heterocycles. The average Bonchev–Trinajstić information content (AvgIpc) is 3.60. The maximum absolute atomic E-state index is 4.74. The van der Waals surface area contributed by atoms with Crippen LogP contribution in [0.25, 0.3) is 49.9 Å². The fraction of sp³-hybridized carbons (Fsp3) is 0.154. The molecule has 0 amide bonds. The van der Waals surface area contributed by atoms with Gasteiger partial charge in [0.1, 0.15) is 5.65 Å². The zero-order valence-corrected chi connectivity index (χ0v) is 18.7. The van der Waals surface area contributed by atoms with Crippen molar-refractivity contribution in [1.82, 2.24) is 39.2 Å². The Hall–Kier alpha value is -4.30. The first-order chi connectivity index (χ1) is 16.7. The van der Waals surface area contributed by atoms with Crippen LogP contribution < -0.4 is 0 Å².